The molecule has 1 amide bonds. The first-order valence-corrected chi connectivity index (χ1v) is 9.17. The average Bonchev–Trinajstić information content (AvgIpc) is 2.72. The second-order valence-electron chi connectivity index (χ2n) is 6.88. The van der Waals surface area contributed by atoms with Gasteiger partial charge in [-0.2, -0.15) is 8.78 Å². The van der Waals surface area contributed by atoms with Crippen molar-refractivity contribution >= 4 is 17.3 Å². The van der Waals surface area contributed by atoms with Gasteiger partial charge in [0.05, 0.1) is 25.6 Å². The van der Waals surface area contributed by atoms with E-state index in [0.29, 0.717) is 23.3 Å². The Morgan fingerprint density at radius 3 is 2.33 bits per heavy atom. The van der Waals surface area contributed by atoms with E-state index in [4.69, 9.17) is 9.47 Å². The van der Waals surface area contributed by atoms with Crippen molar-refractivity contribution in [2.75, 3.05) is 45.7 Å². The largest absolute Gasteiger partial charge is 0.496 e. The molecule has 0 unspecified atom stereocenters. The number of ether oxygens (including phenoxy) is 2. The third kappa shape index (κ3) is 4.54. The highest BCUT2D eigenvalue weighted by atomic mass is 19.3. The summed E-state index contributed by atoms with van der Waals surface area (Å²) in [6, 6.07) is 7.49. The van der Waals surface area contributed by atoms with Crippen LogP contribution in [0.25, 0.3) is 0 Å². The number of hydrazine groups is 1. The van der Waals surface area contributed by atoms with Gasteiger partial charge in [-0.15, -0.1) is 0 Å². The van der Waals surface area contributed by atoms with Gasteiger partial charge in [0.1, 0.15) is 17.1 Å². The number of rotatable bonds is 8. The number of hydrogen-bond donors (Lipinski definition) is 1. The van der Waals surface area contributed by atoms with Crippen LogP contribution in [-0.4, -0.2) is 46.3 Å². The highest BCUT2D eigenvalue weighted by Gasteiger charge is 2.29. The molecule has 0 saturated heterocycles. The molecule has 0 aliphatic rings. The summed E-state index contributed by atoms with van der Waals surface area (Å²) in [6.07, 6.45) is 0.565. The van der Waals surface area contributed by atoms with Gasteiger partial charge < -0.3 is 19.8 Å². The van der Waals surface area contributed by atoms with Gasteiger partial charge in [-0.3, -0.25) is 4.79 Å². The molecule has 2 rings (SSSR count). The van der Waals surface area contributed by atoms with Crippen LogP contribution in [0.15, 0.2) is 43.0 Å². The highest BCUT2D eigenvalue weighted by molar-refractivity contribution is 6.09. The summed E-state index contributed by atoms with van der Waals surface area (Å²) in [5, 5.41) is 6.21. The number of aryl methyl sites for hydroxylation is 1. The predicted molar refractivity (Wildman–Crippen MR) is 115 cm³/mol. The molecule has 0 aliphatic carbocycles. The van der Waals surface area contributed by atoms with E-state index in [0.717, 1.165) is 5.56 Å². The molecule has 0 aromatic heterocycles. The maximum absolute atomic E-state index is 14.2. The molecule has 2 aromatic rings. The number of methoxy groups -OCH3 is 2. The zero-order valence-corrected chi connectivity index (χ0v) is 18.0. The van der Waals surface area contributed by atoms with Crippen LogP contribution in [-0.2, 0) is 5.92 Å². The Kier molecular flexibility index (Phi) is 7.04. The lowest BCUT2D eigenvalue weighted by atomic mass is 10.0. The van der Waals surface area contributed by atoms with Gasteiger partial charge in [-0.1, -0.05) is 18.7 Å². The molecule has 162 valence electrons. The van der Waals surface area contributed by atoms with E-state index in [-0.39, 0.29) is 16.8 Å². The number of nitrogens with one attached hydrogen (secondary N) is 1. The van der Waals surface area contributed by atoms with Crippen LogP contribution in [0.2, 0.25) is 0 Å². The zero-order valence-electron chi connectivity index (χ0n) is 18.0. The first kappa shape index (κ1) is 23.2. The first-order valence-electron chi connectivity index (χ1n) is 9.17. The van der Waals surface area contributed by atoms with E-state index < -0.39 is 11.8 Å². The van der Waals surface area contributed by atoms with Crippen molar-refractivity contribution < 1.29 is 23.0 Å². The molecule has 0 radical (unpaired) electrons. The molecule has 8 heteroatoms. The number of benzene rings is 2. The summed E-state index contributed by atoms with van der Waals surface area (Å²) in [7, 11) is 8.24. The predicted octanol–water partition coefficient (Wildman–Crippen LogP) is 4.46. The lowest BCUT2D eigenvalue weighted by Crippen LogP contribution is -2.34. The molecular formula is C22H27F2N3O3. The molecular weight excluding hydrogens is 392 g/mol. The highest BCUT2D eigenvalue weighted by Crippen LogP contribution is 2.37. The molecule has 0 spiro atoms. The topological polar surface area (TPSA) is 54.0 Å². The Balaban J connectivity index is 2.61. The molecule has 0 atom stereocenters. The molecule has 0 fully saturated rings. The van der Waals surface area contributed by atoms with Gasteiger partial charge >= 0.3 is 0 Å². The minimum atomic E-state index is -3.24. The number of carbonyl (C=O) groups is 1. The average molecular weight is 419 g/mol. The van der Waals surface area contributed by atoms with Gasteiger partial charge in [0.15, 0.2) is 0 Å². The van der Waals surface area contributed by atoms with Crippen LogP contribution in [0.4, 0.5) is 20.2 Å². The van der Waals surface area contributed by atoms with Crippen molar-refractivity contribution in [3.8, 4) is 11.5 Å². The molecule has 6 nitrogen and oxygen atoms in total. The van der Waals surface area contributed by atoms with Gasteiger partial charge in [0.25, 0.3) is 11.8 Å². The number of hydrogen-bond acceptors (Lipinski definition) is 5. The zero-order chi connectivity index (χ0) is 22.6. The van der Waals surface area contributed by atoms with Gasteiger partial charge in [-0.05, 0) is 36.8 Å². The van der Waals surface area contributed by atoms with Crippen LogP contribution >= 0.6 is 0 Å². The molecule has 0 heterocycles. The maximum Gasteiger partial charge on any atom is 0.291 e. The van der Waals surface area contributed by atoms with Crippen molar-refractivity contribution in [2.45, 2.75) is 12.8 Å². The first-order chi connectivity index (χ1) is 14.1. The third-order valence-electron chi connectivity index (χ3n) is 4.80. The Morgan fingerprint density at radius 1 is 1.13 bits per heavy atom. The van der Waals surface area contributed by atoms with Crippen LogP contribution in [0.5, 0.6) is 11.5 Å². The summed E-state index contributed by atoms with van der Waals surface area (Å²) >= 11 is 0. The number of amides is 1. The van der Waals surface area contributed by atoms with Crippen LogP contribution in [0.3, 0.4) is 0 Å². The van der Waals surface area contributed by atoms with Crippen molar-refractivity contribution in [1.29, 1.82) is 0 Å². The van der Waals surface area contributed by atoms with Gasteiger partial charge in [0.2, 0.25) is 0 Å². The number of allylic oxidation sites excluding steroid dienone is 1. The Bertz CT molecular complexity index is 945. The van der Waals surface area contributed by atoms with E-state index in [1.807, 2.05) is 0 Å². The molecule has 0 bridgehead atoms. The minimum Gasteiger partial charge on any atom is -0.496 e. The van der Waals surface area contributed by atoms with E-state index in [9.17, 15) is 13.6 Å². The Hall–Kier alpha value is -3.13. The Morgan fingerprint density at radius 2 is 1.80 bits per heavy atom. The molecule has 1 N–H and O–H groups in total. The fraction of sp³-hybridized carbons (Fsp3) is 0.318. The smallest absolute Gasteiger partial charge is 0.291 e. The van der Waals surface area contributed by atoms with E-state index in [2.05, 4.69) is 11.9 Å². The second-order valence-corrected chi connectivity index (χ2v) is 6.88. The molecule has 0 saturated carbocycles. The fourth-order valence-electron chi connectivity index (χ4n) is 2.96. The Labute approximate surface area is 175 Å². The quantitative estimate of drug-likeness (QED) is 0.506. The van der Waals surface area contributed by atoms with Crippen molar-refractivity contribution in [3.05, 3.63) is 59.7 Å². The van der Waals surface area contributed by atoms with Crippen LogP contribution < -0.4 is 19.8 Å². The summed E-state index contributed by atoms with van der Waals surface area (Å²) in [4.78, 5) is 13.2. The standard InChI is InChI=1S/C22H27F2N3O3/c1-8-22(23,24)15-10-11-17(27(5)26(3)4)16(13-15)25-21(28)19-18(29-6)12-9-14(2)20(19)30-7/h8-13H,1H2,2-7H3,(H,25,28). The van der Waals surface area contributed by atoms with Gasteiger partial charge in [0, 0.05) is 26.7 Å². The molecule has 30 heavy (non-hydrogen) atoms. The number of carbonyl (C=O) groups excluding carboxylic acids is 1. The number of anilines is 2. The fourth-order valence-corrected chi connectivity index (χ4v) is 2.96. The van der Waals surface area contributed by atoms with E-state index in [1.54, 1.807) is 50.2 Å². The summed E-state index contributed by atoms with van der Waals surface area (Å²) < 4.78 is 39.1. The minimum absolute atomic E-state index is 0.180. The summed E-state index contributed by atoms with van der Waals surface area (Å²) in [5.74, 6) is -3.13. The normalized spacial score (nSPS) is 11.2. The lowest BCUT2D eigenvalue weighted by molar-refractivity contribution is 0.0526. The van der Waals surface area contributed by atoms with E-state index in [1.165, 1.54) is 32.4 Å². The number of alkyl halides is 2. The third-order valence-corrected chi connectivity index (χ3v) is 4.80. The second kappa shape index (κ2) is 9.13. The molecule has 2 aromatic carbocycles. The van der Waals surface area contributed by atoms with Crippen molar-refractivity contribution in [2.24, 2.45) is 0 Å². The van der Waals surface area contributed by atoms with E-state index >= 15 is 0 Å². The van der Waals surface area contributed by atoms with Gasteiger partial charge in [-0.25, -0.2) is 5.01 Å². The van der Waals surface area contributed by atoms with Crippen LogP contribution in [0.1, 0.15) is 21.5 Å². The molecule has 0 aliphatic heterocycles. The van der Waals surface area contributed by atoms with Crippen molar-refractivity contribution in [1.82, 2.24) is 5.01 Å². The monoisotopic (exact) mass is 419 g/mol. The lowest BCUT2D eigenvalue weighted by Gasteiger charge is -2.29. The van der Waals surface area contributed by atoms with Crippen molar-refractivity contribution in [3.63, 3.8) is 0 Å². The summed E-state index contributed by atoms with van der Waals surface area (Å²) in [6.45, 7) is 5.00. The number of halogens is 2. The number of nitrogens with zero attached hydrogens (tertiary/aromatic N) is 2. The summed E-state index contributed by atoms with van der Waals surface area (Å²) in [5.41, 5.74) is 1.37. The van der Waals surface area contributed by atoms with Crippen LogP contribution in [0, 0.1) is 6.92 Å². The maximum atomic E-state index is 14.2. The SMILES string of the molecule is C=CC(F)(F)c1ccc(N(C)N(C)C)c(NC(=O)c2c(OC)ccc(C)c2OC)c1.